The quantitative estimate of drug-likeness (QED) is 0.676. The van der Waals surface area contributed by atoms with Crippen LogP contribution >= 0.6 is 0 Å². The van der Waals surface area contributed by atoms with Gasteiger partial charge >= 0.3 is 0 Å². The number of piperazine rings is 2. The highest BCUT2D eigenvalue weighted by atomic mass is 16.2. The largest absolute Gasteiger partial charge is 0.369 e. The first kappa shape index (κ1) is 23.1. The zero-order valence-corrected chi connectivity index (χ0v) is 20.0. The van der Waals surface area contributed by atoms with Crippen LogP contribution in [0.15, 0.2) is 24.3 Å². The number of carbonyl (C=O) groups is 2. The third-order valence-electron chi connectivity index (χ3n) is 7.56. The van der Waals surface area contributed by atoms with Crippen LogP contribution in [0.5, 0.6) is 0 Å². The van der Waals surface area contributed by atoms with Crippen molar-refractivity contribution >= 4 is 17.5 Å². The van der Waals surface area contributed by atoms with Crippen molar-refractivity contribution in [1.29, 1.82) is 0 Å². The minimum Gasteiger partial charge on any atom is -0.369 e. The van der Waals surface area contributed by atoms with E-state index < -0.39 is 0 Å². The van der Waals surface area contributed by atoms with E-state index in [1.807, 2.05) is 45.2 Å². The van der Waals surface area contributed by atoms with E-state index in [1.165, 1.54) is 19.3 Å². The van der Waals surface area contributed by atoms with Crippen LogP contribution in [0.25, 0.3) is 0 Å². The van der Waals surface area contributed by atoms with E-state index in [0.717, 1.165) is 69.7 Å². The number of hydrogen-bond acceptors (Lipinski definition) is 5. The van der Waals surface area contributed by atoms with E-state index >= 15 is 0 Å². The van der Waals surface area contributed by atoms with E-state index in [2.05, 4.69) is 19.6 Å². The lowest BCUT2D eigenvalue weighted by Crippen LogP contribution is -2.56. The van der Waals surface area contributed by atoms with E-state index in [-0.39, 0.29) is 17.9 Å². The molecule has 1 aromatic carbocycles. The number of benzene rings is 1. The molecule has 3 fully saturated rings. The van der Waals surface area contributed by atoms with E-state index in [1.54, 1.807) is 4.90 Å². The Morgan fingerprint density at radius 1 is 0.938 bits per heavy atom. The summed E-state index contributed by atoms with van der Waals surface area (Å²) in [6.07, 6.45) is 4.05. The molecule has 2 heterocycles. The summed E-state index contributed by atoms with van der Waals surface area (Å²) in [4.78, 5) is 36.3. The summed E-state index contributed by atoms with van der Waals surface area (Å²) in [6.45, 7) is 12.0. The van der Waals surface area contributed by atoms with E-state index in [4.69, 9.17) is 0 Å². The molecule has 2 saturated heterocycles. The average Bonchev–Trinajstić information content (AvgIpc) is 2.78. The summed E-state index contributed by atoms with van der Waals surface area (Å²) in [5.41, 5.74) is 1.87. The fraction of sp³-hybridized carbons (Fsp3) is 0.680. The van der Waals surface area contributed by atoms with Gasteiger partial charge in [0.1, 0.15) is 0 Å². The lowest BCUT2D eigenvalue weighted by atomic mass is 9.91. The number of anilines is 1. The van der Waals surface area contributed by atoms with Crippen molar-refractivity contribution in [3.8, 4) is 0 Å². The fourth-order valence-electron chi connectivity index (χ4n) is 4.80. The van der Waals surface area contributed by atoms with Gasteiger partial charge in [-0.25, -0.2) is 0 Å². The zero-order chi connectivity index (χ0) is 22.7. The highest BCUT2D eigenvalue weighted by Gasteiger charge is 2.30. The molecule has 1 saturated carbocycles. The van der Waals surface area contributed by atoms with Crippen molar-refractivity contribution in [1.82, 2.24) is 19.6 Å². The number of hydrogen-bond donors (Lipinski definition) is 0. The second-order valence-corrected chi connectivity index (χ2v) is 9.82. The molecule has 2 amide bonds. The van der Waals surface area contributed by atoms with Gasteiger partial charge in [0.15, 0.2) is 0 Å². The van der Waals surface area contributed by atoms with Crippen molar-refractivity contribution < 1.29 is 9.59 Å². The first-order chi connectivity index (χ1) is 15.4. The van der Waals surface area contributed by atoms with Gasteiger partial charge in [0.25, 0.3) is 5.91 Å². The van der Waals surface area contributed by atoms with Crippen LogP contribution in [0.4, 0.5) is 5.69 Å². The van der Waals surface area contributed by atoms with E-state index in [0.29, 0.717) is 6.54 Å². The number of rotatable bonds is 6. The number of carbonyl (C=O) groups excluding carboxylic acids is 2. The Labute approximate surface area is 192 Å². The smallest absolute Gasteiger partial charge is 0.253 e. The Balaban J connectivity index is 1.21. The Hall–Kier alpha value is -2.12. The summed E-state index contributed by atoms with van der Waals surface area (Å²) in [7, 11) is 1.84. The van der Waals surface area contributed by atoms with Gasteiger partial charge in [-0.15, -0.1) is 0 Å². The highest BCUT2D eigenvalue weighted by molar-refractivity contribution is 5.94. The van der Waals surface area contributed by atoms with Crippen molar-refractivity contribution in [3.05, 3.63) is 29.8 Å². The van der Waals surface area contributed by atoms with Gasteiger partial charge in [-0.2, -0.15) is 0 Å². The lowest BCUT2D eigenvalue weighted by molar-refractivity contribution is -0.134. The van der Waals surface area contributed by atoms with Crippen molar-refractivity contribution in [3.63, 3.8) is 0 Å². The summed E-state index contributed by atoms with van der Waals surface area (Å²) >= 11 is 0. The summed E-state index contributed by atoms with van der Waals surface area (Å²) < 4.78 is 0. The van der Waals surface area contributed by atoms with Crippen LogP contribution in [-0.4, -0.2) is 109 Å². The van der Waals surface area contributed by atoms with Crippen molar-refractivity contribution in [2.45, 2.75) is 45.2 Å². The van der Waals surface area contributed by atoms with Crippen molar-refractivity contribution in [2.75, 3.05) is 70.9 Å². The third kappa shape index (κ3) is 5.26. The molecule has 0 atom stereocenters. The van der Waals surface area contributed by atoms with Crippen LogP contribution in [0.2, 0.25) is 0 Å². The van der Waals surface area contributed by atoms with Gasteiger partial charge in [0, 0.05) is 82.7 Å². The molecule has 2 aliphatic heterocycles. The molecule has 4 rings (SSSR count). The normalized spacial score (nSPS) is 21.0. The van der Waals surface area contributed by atoms with Crippen LogP contribution < -0.4 is 4.90 Å². The Bertz CT molecular complexity index is 776. The van der Waals surface area contributed by atoms with Gasteiger partial charge in [0.2, 0.25) is 5.91 Å². The van der Waals surface area contributed by atoms with Gasteiger partial charge in [0.05, 0.1) is 6.54 Å². The molecule has 176 valence electrons. The van der Waals surface area contributed by atoms with Gasteiger partial charge in [-0.3, -0.25) is 19.4 Å². The minimum absolute atomic E-state index is 0.0587. The summed E-state index contributed by atoms with van der Waals surface area (Å²) in [6, 6.07) is 8.91. The number of nitrogens with zero attached hydrogens (tertiary/aromatic N) is 5. The second-order valence-electron chi connectivity index (χ2n) is 9.82. The molecular weight excluding hydrogens is 402 g/mol. The fourth-order valence-corrected chi connectivity index (χ4v) is 4.80. The molecule has 0 spiro atoms. The predicted octanol–water partition coefficient (Wildman–Crippen LogP) is 1.99. The molecule has 0 bridgehead atoms. The maximum absolute atomic E-state index is 12.8. The predicted molar refractivity (Wildman–Crippen MR) is 128 cm³/mol. The molecule has 0 unspecified atom stereocenters. The van der Waals surface area contributed by atoms with Gasteiger partial charge in [-0.05, 0) is 51.0 Å². The molecule has 0 radical (unpaired) electrons. The molecule has 1 aromatic rings. The van der Waals surface area contributed by atoms with Gasteiger partial charge < -0.3 is 14.7 Å². The van der Waals surface area contributed by atoms with Crippen LogP contribution in [0.1, 0.15) is 43.5 Å². The number of amides is 2. The summed E-state index contributed by atoms with van der Waals surface area (Å²) in [5, 5.41) is 0. The zero-order valence-electron chi connectivity index (χ0n) is 20.0. The topological polar surface area (TPSA) is 50.3 Å². The standard InChI is InChI=1S/C25H39N5O2/c1-20(2)26(3)25(32)21-7-9-23(10-8-21)28-13-11-27(12-14-28)19-24(31)30-17-15-29(16-18-30)22-5-4-6-22/h7-10,20,22H,4-6,11-19H2,1-3H3. The molecular formula is C25H39N5O2. The highest BCUT2D eigenvalue weighted by Crippen LogP contribution is 2.25. The summed E-state index contributed by atoms with van der Waals surface area (Å²) in [5.74, 6) is 0.340. The maximum Gasteiger partial charge on any atom is 0.253 e. The SMILES string of the molecule is CC(C)N(C)C(=O)c1ccc(N2CCN(CC(=O)N3CCN(C4CCC4)CC3)CC2)cc1. The molecule has 3 aliphatic rings. The van der Waals surface area contributed by atoms with E-state index in [9.17, 15) is 9.59 Å². The Kier molecular flexibility index (Phi) is 7.36. The first-order valence-electron chi connectivity index (χ1n) is 12.3. The molecule has 7 heteroatoms. The monoisotopic (exact) mass is 441 g/mol. The molecule has 0 N–H and O–H groups in total. The lowest BCUT2D eigenvalue weighted by Gasteiger charge is -2.43. The van der Waals surface area contributed by atoms with Crippen LogP contribution in [0, 0.1) is 0 Å². The second kappa shape index (κ2) is 10.2. The van der Waals surface area contributed by atoms with Gasteiger partial charge in [-0.1, -0.05) is 6.42 Å². The third-order valence-corrected chi connectivity index (χ3v) is 7.56. The average molecular weight is 442 g/mol. The minimum atomic E-state index is 0.0587. The molecule has 1 aliphatic carbocycles. The molecule has 0 aromatic heterocycles. The first-order valence-corrected chi connectivity index (χ1v) is 12.3. The molecule has 7 nitrogen and oxygen atoms in total. The Morgan fingerprint density at radius 2 is 1.56 bits per heavy atom. The van der Waals surface area contributed by atoms with Crippen molar-refractivity contribution in [2.24, 2.45) is 0 Å². The molecule has 32 heavy (non-hydrogen) atoms. The Morgan fingerprint density at radius 3 is 2.09 bits per heavy atom. The van der Waals surface area contributed by atoms with Crippen LogP contribution in [-0.2, 0) is 4.79 Å². The maximum atomic E-state index is 12.8. The van der Waals surface area contributed by atoms with Crippen LogP contribution in [0.3, 0.4) is 0 Å².